The lowest BCUT2D eigenvalue weighted by atomic mass is 10.2. The van der Waals surface area contributed by atoms with Crippen LogP contribution in [0.4, 0.5) is 8.78 Å². The summed E-state index contributed by atoms with van der Waals surface area (Å²) in [6, 6.07) is 2.91. The molecular formula is C11H12F2N2O3S. The van der Waals surface area contributed by atoms with Crippen molar-refractivity contribution in [3.05, 3.63) is 35.4 Å². The summed E-state index contributed by atoms with van der Waals surface area (Å²) in [7, 11) is -3.81. The number of benzene rings is 1. The highest BCUT2D eigenvalue weighted by Gasteiger charge is 2.36. The summed E-state index contributed by atoms with van der Waals surface area (Å²) < 4.78 is 48.8. The zero-order valence-corrected chi connectivity index (χ0v) is 10.7. The third kappa shape index (κ3) is 3.07. The van der Waals surface area contributed by atoms with Gasteiger partial charge in [-0.15, -0.1) is 0 Å². The minimum absolute atomic E-state index is 0.00317. The third-order valence-electron chi connectivity index (χ3n) is 3.01. The van der Waals surface area contributed by atoms with Crippen LogP contribution in [0.2, 0.25) is 0 Å². The Morgan fingerprint density at radius 3 is 2.63 bits per heavy atom. The van der Waals surface area contributed by atoms with Gasteiger partial charge >= 0.3 is 0 Å². The number of carbonyl (C=O) groups is 1. The molecule has 2 N–H and O–H groups in total. The highest BCUT2D eigenvalue weighted by molar-refractivity contribution is 7.89. The van der Waals surface area contributed by atoms with Crippen LogP contribution in [0.25, 0.3) is 0 Å². The van der Waals surface area contributed by atoms with Crippen molar-refractivity contribution in [2.24, 2.45) is 5.14 Å². The predicted octanol–water partition coefficient (Wildman–Crippen LogP) is 0.354. The second-order valence-electron chi connectivity index (χ2n) is 4.43. The lowest BCUT2D eigenvalue weighted by Crippen LogP contribution is -2.32. The maximum Gasteiger partial charge on any atom is 0.224 e. The summed E-state index contributed by atoms with van der Waals surface area (Å²) in [5.74, 6) is -1.71. The number of hydrogen-bond acceptors (Lipinski definition) is 3. The zero-order valence-electron chi connectivity index (χ0n) is 9.84. The van der Waals surface area contributed by atoms with Crippen LogP contribution >= 0.6 is 0 Å². The Bertz CT molecular complexity index is 618. The van der Waals surface area contributed by atoms with Gasteiger partial charge in [-0.2, -0.15) is 0 Å². The van der Waals surface area contributed by atoms with Crippen LogP contribution < -0.4 is 5.14 Å². The van der Waals surface area contributed by atoms with Crippen molar-refractivity contribution in [1.29, 1.82) is 0 Å². The number of nitrogens with two attached hydrogens (primary N) is 1. The minimum Gasteiger partial charge on any atom is -0.337 e. The molecule has 0 spiro atoms. The van der Waals surface area contributed by atoms with Crippen molar-refractivity contribution >= 4 is 15.9 Å². The van der Waals surface area contributed by atoms with Gasteiger partial charge in [0.2, 0.25) is 15.9 Å². The number of hydrogen-bond donors (Lipinski definition) is 1. The largest absolute Gasteiger partial charge is 0.337 e. The highest BCUT2D eigenvalue weighted by atomic mass is 32.2. The van der Waals surface area contributed by atoms with E-state index >= 15 is 0 Å². The fraction of sp³-hybridized carbons (Fsp3) is 0.364. The summed E-state index contributed by atoms with van der Waals surface area (Å²) in [6.45, 7) is -0.276. The molecule has 2 rings (SSSR count). The Labute approximate surface area is 109 Å². The van der Waals surface area contributed by atoms with E-state index in [1.165, 1.54) is 0 Å². The van der Waals surface area contributed by atoms with E-state index in [1.54, 1.807) is 0 Å². The molecule has 1 amide bonds. The van der Waals surface area contributed by atoms with Gasteiger partial charge in [0.05, 0.1) is 0 Å². The quantitative estimate of drug-likeness (QED) is 0.872. The van der Waals surface area contributed by atoms with E-state index < -0.39 is 32.8 Å². The molecule has 1 aromatic carbocycles. The first-order valence-electron chi connectivity index (χ1n) is 5.50. The van der Waals surface area contributed by atoms with Gasteiger partial charge in [-0.3, -0.25) is 4.79 Å². The van der Waals surface area contributed by atoms with Crippen molar-refractivity contribution < 1.29 is 22.0 Å². The first-order valence-corrected chi connectivity index (χ1v) is 7.11. The van der Waals surface area contributed by atoms with Gasteiger partial charge in [0, 0.05) is 25.1 Å². The number of rotatable bonds is 3. The van der Waals surface area contributed by atoms with Crippen molar-refractivity contribution in [3.63, 3.8) is 0 Å². The number of primary sulfonamides is 1. The molecule has 1 aromatic rings. The van der Waals surface area contributed by atoms with E-state index in [4.69, 9.17) is 5.14 Å². The van der Waals surface area contributed by atoms with Gasteiger partial charge in [-0.1, -0.05) is 0 Å². The van der Waals surface area contributed by atoms with E-state index in [0.717, 1.165) is 23.1 Å². The van der Waals surface area contributed by atoms with Crippen LogP contribution in [-0.4, -0.2) is 31.0 Å². The molecule has 104 valence electrons. The summed E-state index contributed by atoms with van der Waals surface area (Å²) in [5, 5.41) is 3.98. The van der Waals surface area contributed by atoms with Gasteiger partial charge < -0.3 is 4.90 Å². The third-order valence-corrected chi connectivity index (χ3v) is 4.26. The first-order chi connectivity index (χ1) is 8.77. The fourth-order valence-corrected chi connectivity index (χ4v) is 2.74. The van der Waals surface area contributed by atoms with E-state index in [2.05, 4.69) is 0 Å². The second-order valence-corrected chi connectivity index (χ2v) is 6.27. The van der Waals surface area contributed by atoms with Gasteiger partial charge in [-0.25, -0.2) is 22.3 Å². The summed E-state index contributed by atoms with van der Waals surface area (Å²) in [4.78, 5) is 12.8. The molecule has 1 aliphatic rings. The number of carbonyl (C=O) groups excluding carboxylic acids is 1. The molecule has 8 heteroatoms. The topological polar surface area (TPSA) is 80.5 Å². The molecular weight excluding hydrogens is 278 g/mol. The van der Waals surface area contributed by atoms with Crippen molar-refractivity contribution in [3.8, 4) is 0 Å². The van der Waals surface area contributed by atoms with Crippen LogP contribution in [0.3, 0.4) is 0 Å². The molecule has 1 atom stereocenters. The van der Waals surface area contributed by atoms with Crippen molar-refractivity contribution in [2.75, 3.05) is 6.54 Å². The Hall–Kier alpha value is -1.54. The SMILES string of the molecule is NS(=O)(=O)C1CC(=O)N(Cc2cc(F)ccc2F)C1. The maximum atomic E-state index is 13.4. The molecule has 19 heavy (non-hydrogen) atoms. The predicted molar refractivity (Wildman–Crippen MR) is 63.3 cm³/mol. The number of nitrogens with zero attached hydrogens (tertiary/aromatic N) is 1. The molecule has 1 saturated heterocycles. The van der Waals surface area contributed by atoms with Gasteiger partial charge in [-0.05, 0) is 18.2 Å². The number of halogens is 2. The van der Waals surface area contributed by atoms with E-state index in [-0.39, 0.29) is 25.1 Å². The maximum absolute atomic E-state index is 13.4. The van der Waals surface area contributed by atoms with Crippen LogP contribution in [0.15, 0.2) is 18.2 Å². The molecule has 5 nitrogen and oxygen atoms in total. The normalized spacial score (nSPS) is 20.1. The van der Waals surface area contributed by atoms with Crippen LogP contribution in [0.1, 0.15) is 12.0 Å². The Morgan fingerprint density at radius 1 is 1.37 bits per heavy atom. The lowest BCUT2D eigenvalue weighted by Gasteiger charge is -2.16. The number of sulfonamides is 1. The first kappa shape index (κ1) is 13.9. The average Bonchev–Trinajstić information content (AvgIpc) is 2.65. The van der Waals surface area contributed by atoms with Crippen LogP contribution in [0.5, 0.6) is 0 Å². The number of amides is 1. The lowest BCUT2D eigenvalue weighted by molar-refractivity contribution is -0.128. The zero-order chi connectivity index (χ0) is 14.2. The Kier molecular flexibility index (Phi) is 3.55. The molecule has 0 aromatic heterocycles. The summed E-state index contributed by atoms with van der Waals surface area (Å²) in [5.41, 5.74) is 0.00317. The highest BCUT2D eigenvalue weighted by Crippen LogP contribution is 2.20. The molecule has 0 saturated carbocycles. The molecule has 1 fully saturated rings. The van der Waals surface area contributed by atoms with Gasteiger partial charge in [0.1, 0.15) is 16.9 Å². The summed E-state index contributed by atoms with van der Waals surface area (Å²) in [6.07, 6.45) is -0.226. The minimum atomic E-state index is -3.81. The van der Waals surface area contributed by atoms with Gasteiger partial charge in [0.15, 0.2) is 0 Å². The molecule has 0 bridgehead atoms. The molecule has 1 unspecified atom stereocenters. The van der Waals surface area contributed by atoms with Crippen molar-refractivity contribution in [2.45, 2.75) is 18.2 Å². The fourth-order valence-electron chi connectivity index (χ4n) is 1.98. The van der Waals surface area contributed by atoms with Crippen molar-refractivity contribution in [1.82, 2.24) is 4.90 Å². The smallest absolute Gasteiger partial charge is 0.224 e. The summed E-state index contributed by atoms with van der Waals surface area (Å²) >= 11 is 0. The average molecular weight is 290 g/mol. The molecule has 0 radical (unpaired) electrons. The monoisotopic (exact) mass is 290 g/mol. The van der Waals surface area contributed by atoms with Crippen LogP contribution in [0, 0.1) is 11.6 Å². The second kappa shape index (κ2) is 4.86. The Morgan fingerprint density at radius 2 is 2.05 bits per heavy atom. The molecule has 1 heterocycles. The molecule has 1 aliphatic heterocycles. The van der Waals surface area contributed by atoms with E-state index in [1.807, 2.05) is 0 Å². The van der Waals surface area contributed by atoms with Gasteiger partial charge in [0.25, 0.3) is 0 Å². The standard InChI is InChI=1S/C11H12F2N2O3S/c12-8-1-2-10(13)7(3-8)5-15-6-9(4-11(15)16)19(14,17)18/h1-3,9H,4-6H2,(H2,14,17,18). The Balaban J connectivity index is 2.16. The van der Waals surface area contributed by atoms with E-state index in [0.29, 0.717) is 0 Å². The van der Waals surface area contributed by atoms with E-state index in [9.17, 15) is 22.0 Å². The van der Waals surface area contributed by atoms with Crippen LogP contribution in [-0.2, 0) is 21.4 Å². The molecule has 0 aliphatic carbocycles. The number of likely N-dealkylation sites (tertiary alicyclic amines) is 1.